The summed E-state index contributed by atoms with van der Waals surface area (Å²) in [6.07, 6.45) is 6.94. The van der Waals surface area contributed by atoms with Gasteiger partial charge in [-0.25, -0.2) is 0 Å². The van der Waals surface area contributed by atoms with E-state index in [0.29, 0.717) is 6.10 Å². The topological polar surface area (TPSA) is 38.5 Å². The van der Waals surface area contributed by atoms with Gasteiger partial charge in [0.25, 0.3) is 0 Å². The van der Waals surface area contributed by atoms with Crippen LogP contribution in [-0.2, 0) is 4.74 Å². The van der Waals surface area contributed by atoms with E-state index in [1.54, 1.807) is 0 Å². The zero-order valence-electron chi connectivity index (χ0n) is 10.7. The first-order chi connectivity index (χ1) is 7.73. The Bertz CT molecular complexity index is 234. The van der Waals surface area contributed by atoms with Crippen LogP contribution < -0.4 is 5.73 Å². The third kappa shape index (κ3) is 2.01. The molecule has 1 heterocycles. The summed E-state index contributed by atoms with van der Waals surface area (Å²) in [5.74, 6) is 0.738. The Kier molecular flexibility index (Phi) is 3.88. The quantitative estimate of drug-likeness (QED) is 0.794. The average molecular weight is 226 g/mol. The molecular weight excluding hydrogens is 200 g/mol. The molecule has 0 radical (unpaired) electrons. The van der Waals surface area contributed by atoms with Crippen LogP contribution in [0.1, 0.15) is 39.0 Å². The second kappa shape index (κ2) is 5.03. The van der Waals surface area contributed by atoms with Gasteiger partial charge in [-0.2, -0.15) is 0 Å². The lowest BCUT2D eigenvalue weighted by atomic mass is 9.72. The molecule has 3 nitrogen and oxygen atoms in total. The summed E-state index contributed by atoms with van der Waals surface area (Å²) in [7, 11) is 1.83. The van der Waals surface area contributed by atoms with Gasteiger partial charge in [-0.05, 0) is 25.2 Å². The van der Waals surface area contributed by atoms with E-state index in [0.717, 1.165) is 19.0 Å². The van der Waals surface area contributed by atoms with Gasteiger partial charge in [-0.15, -0.1) is 0 Å². The monoisotopic (exact) mass is 226 g/mol. The van der Waals surface area contributed by atoms with E-state index in [2.05, 4.69) is 11.8 Å². The predicted octanol–water partition coefficient (Wildman–Crippen LogP) is 1.61. The van der Waals surface area contributed by atoms with Gasteiger partial charge in [-0.3, -0.25) is 4.90 Å². The summed E-state index contributed by atoms with van der Waals surface area (Å²) in [6.45, 7) is 5.44. The molecule has 1 aliphatic heterocycles. The number of ether oxygens (including phenoxy) is 1. The van der Waals surface area contributed by atoms with Gasteiger partial charge in [0.15, 0.2) is 0 Å². The molecule has 2 rings (SSSR count). The lowest BCUT2D eigenvalue weighted by Crippen LogP contribution is -2.58. The summed E-state index contributed by atoms with van der Waals surface area (Å²) in [5, 5.41) is 0. The summed E-state index contributed by atoms with van der Waals surface area (Å²) in [6, 6.07) is 0. The van der Waals surface area contributed by atoms with Crippen LogP contribution in [0, 0.1) is 5.92 Å². The lowest BCUT2D eigenvalue weighted by Gasteiger charge is -2.48. The standard InChI is InChI=1S/C13H26N2O/c1-11-5-3-4-7-13(11,10-14)15-8-6-12(9-15)16-2/h11-12H,3-10,14H2,1-2H3. The van der Waals surface area contributed by atoms with E-state index in [1.165, 1.54) is 38.6 Å². The van der Waals surface area contributed by atoms with Crippen molar-refractivity contribution in [3.8, 4) is 0 Å². The number of hydrogen-bond acceptors (Lipinski definition) is 3. The molecule has 2 N–H and O–H groups in total. The Balaban J connectivity index is 2.08. The van der Waals surface area contributed by atoms with Crippen molar-refractivity contribution in [2.24, 2.45) is 11.7 Å². The molecule has 16 heavy (non-hydrogen) atoms. The molecule has 3 unspecified atom stereocenters. The van der Waals surface area contributed by atoms with Crippen molar-refractivity contribution < 1.29 is 4.74 Å². The van der Waals surface area contributed by atoms with E-state index in [-0.39, 0.29) is 5.54 Å². The fraction of sp³-hybridized carbons (Fsp3) is 1.00. The number of methoxy groups -OCH3 is 1. The first kappa shape index (κ1) is 12.3. The molecule has 1 saturated carbocycles. The highest BCUT2D eigenvalue weighted by atomic mass is 16.5. The SMILES string of the molecule is COC1CCN(C2(CN)CCCCC2C)C1. The molecular formula is C13H26N2O. The van der Waals surface area contributed by atoms with E-state index in [9.17, 15) is 0 Å². The number of nitrogens with two attached hydrogens (primary N) is 1. The van der Waals surface area contributed by atoms with E-state index < -0.39 is 0 Å². The average Bonchev–Trinajstić information content (AvgIpc) is 2.79. The van der Waals surface area contributed by atoms with Gasteiger partial charge in [-0.1, -0.05) is 19.8 Å². The van der Waals surface area contributed by atoms with E-state index in [1.807, 2.05) is 7.11 Å². The predicted molar refractivity (Wildman–Crippen MR) is 66.4 cm³/mol. The molecule has 0 aromatic rings. The second-order valence-corrected chi connectivity index (χ2v) is 5.55. The van der Waals surface area contributed by atoms with Crippen molar-refractivity contribution in [2.45, 2.75) is 50.7 Å². The summed E-state index contributed by atoms with van der Waals surface area (Å²) >= 11 is 0. The molecule has 0 bridgehead atoms. The van der Waals surface area contributed by atoms with Gasteiger partial charge < -0.3 is 10.5 Å². The number of likely N-dealkylation sites (tertiary alicyclic amines) is 1. The molecule has 2 aliphatic rings. The highest BCUT2D eigenvalue weighted by Crippen LogP contribution is 2.39. The number of nitrogens with zero attached hydrogens (tertiary/aromatic N) is 1. The summed E-state index contributed by atoms with van der Waals surface area (Å²) in [5.41, 5.74) is 6.38. The van der Waals surface area contributed by atoms with Gasteiger partial charge >= 0.3 is 0 Å². The number of hydrogen-bond donors (Lipinski definition) is 1. The Hall–Kier alpha value is -0.120. The molecule has 0 amide bonds. The van der Waals surface area contributed by atoms with Crippen LogP contribution in [0.4, 0.5) is 0 Å². The van der Waals surface area contributed by atoms with Crippen LogP contribution in [0.2, 0.25) is 0 Å². The Morgan fingerprint density at radius 3 is 2.75 bits per heavy atom. The largest absolute Gasteiger partial charge is 0.380 e. The second-order valence-electron chi connectivity index (χ2n) is 5.55. The Morgan fingerprint density at radius 2 is 2.19 bits per heavy atom. The van der Waals surface area contributed by atoms with Crippen LogP contribution in [0.5, 0.6) is 0 Å². The highest BCUT2D eigenvalue weighted by Gasteiger charge is 2.44. The molecule has 94 valence electrons. The molecule has 1 saturated heterocycles. The first-order valence-corrected chi connectivity index (χ1v) is 6.71. The van der Waals surface area contributed by atoms with Crippen LogP contribution >= 0.6 is 0 Å². The lowest BCUT2D eigenvalue weighted by molar-refractivity contribution is 0.0160. The molecule has 0 aromatic heterocycles. The Labute approximate surface area is 99.3 Å². The van der Waals surface area contributed by atoms with Gasteiger partial charge in [0, 0.05) is 32.3 Å². The van der Waals surface area contributed by atoms with Crippen LogP contribution in [0.25, 0.3) is 0 Å². The van der Waals surface area contributed by atoms with Crippen LogP contribution in [-0.4, -0.2) is 43.3 Å². The summed E-state index contributed by atoms with van der Waals surface area (Å²) < 4.78 is 5.47. The molecule has 1 aliphatic carbocycles. The minimum Gasteiger partial charge on any atom is -0.380 e. The van der Waals surface area contributed by atoms with Crippen LogP contribution in [0.15, 0.2) is 0 Å². The maximum Gasteiger partial charge on any atom is 0.0710 e. The van der Waals surface area contributed by atoms with Gasteiger partial charge in [0.05, 0.1) is 6.10 Å². The zero-order valence-corrected chi connectivity index (χ0v) is 10.7. The fourth-order valence-corrected chi connectivity index (χ4v) is 3.62. The molecule has 3 atom stereocenters. The van der Waals surface area contributed by atoms with Crippen molar-refractivity contribution in [1.82, 2.24) is 4.90 Å². The van der Waals surface area contributed by atoms with Crippen molar-refractivity contribution >= 4 is 0 Å². The van der Waals surface area contributed by atoms with Crippen molar-refractivity contribution in [1.29, 1.82) is 0 Å². The van der Waals surface area contributed by atoms with E-state index in [4.69, 9.17) is 10.5 Å². The van der Waals surface area contributed by atoms with Gasteiger partial charge in [0.2, 0.25) is 0 Å². The smallest absolute Gasteiger partial charge is 0.0710 e. The molecule has 0 spiro atoms. The maximum absolute atomic E-state index is 6.11. The normalized spacial score (nSPS) is 41.4. The third-order valence-electron chi connectivity index (χ3n) is 4.88. The maximum atomic E-state index is 6.11. The molecule has 0 aromatic carbocycles. The third-order valence-corrected chi connectivity index (χ3v) is 4.88. The fourth-order valence-electron chi connectivity index (χ4n) is 3.62. The number of rotatable bonds is 3. The molecule has 2 fully saturated rings. The van der Waals surface area contributed by atoms with Crippen molar-refractivity contribution in [2.75, 3.05) is 26.7 Å². The first-order valence-electron chi connectivity index (χ1n) is 6.71. The van der Waals surface area contributed by atoms with E-state index >= 15 is 0 Å². The molecule has 3 heteroatoms. The minimum atomic E-state index is 0.269. The van der Waals surface area contributed by atoms with Crippen LogP contribution in [0.3, 0.4) is 0 Å². The van der Waals surface area contributed by atoms with Gasteiger partial charge in [0.1, 0.15) is 0 Å². The van der Waals surface area contributed by atoms with Crippen molar-refractivity contribution in [3.63, 3.8) is 0 Å². The van der Waals surface area contributed by atoms with Crippen molar-refractivity contribution in [3.05, 3.63) is 0 Å². The Morgan fingerprint density at radius 1 is 1.38 bits per heavy atom. The highest BCUT2D eigenvalue weighted by molar-refractivity contribution is 5.01. The zero-order chi connectivity index (χ0) is 11.6. The summed E-state index contributed by atoms with van der Waals surface area (Å²) in [4.78, 5) is 2.62. The minimum absolute atomic E-state index is 0.269.